The molecule has 26 heavy (non-hydrogen) atoms. The van der Waals surface area contributed by atoms with Crippen molar-refractivity contribution in [2.75, 3.05) is 39.8 Å². The average Bonchev–Trinajstić information content (AvgIpc) is 2.58. The highest BCUT2D eigenvalue weighted by Gasteiger charge is 2.44. The highest BCUT2D eigenvalue weighted by molar-refractivity contribution is 7.80. The summed E-state index contributed by atoms with van der Waals surface area (Å²) in [5, 5.41) is 0.263. The maximum absolute atomic E-state index is 13.1. The van der Waals surface area contributed by atoms with Crippen molar-refractivity contribution in [1.82, 2.24) is 14.7 Å². The van der Waals surface area contributed by atoms with E-state index in [0.717, 1.165) is 26.1 Å². The Morgan fingerprint density at radius 2 is 1.88 bits per heavy atom. The minimum absolute atomic E-state index is 0.0481. The lowest BCUT2D eigenvalue weighted by molar-refractivity contribution is -0.190. The van der Waals surface area contributed by atoms with Gasteiger partial charge in [-0.2, -0.15) is 25.8 Å². The van der Waals surface area contributed by atoms with Gasteiger partial charge in [0.15, 0.2) is 0 Å². The molecule has 2 aliphatic heterocycles. The summed E-state index contributed by atoms with van der Waals surface area (Å²) in [6, 6.07) is 0.216. The van der Waals surface area contributed by atoms with Crippen molar-refractivity contribution in [3.63, 3.8) is 0 Å². The number of likely N-dealkylation sites (tertiary alicyclic amines) is 2. The number of hydrogen-bond donors (Lipinski definition) is 2. The van der Waals surface area contributed by atoms with Gasteiger partial charge in [0, 0.05) is 43.1 Å². The summed E-state index contributed by atoms with van der Waals surface area (Å²) in [5.74, 6) is -1.30. The number of piperidine rings is 2. The molecule has 0 aromatic rings. The summed E-state index contributed by atoms with van der Waals surface area (Å²) in [6.45, 7) is 7.77. The van der Waals surface area contributed by atoms with Crippen LogP contribution in [0.1, 0.15) is 39.5 Å². The molecule has 0 aromatic carbocycles. The van der Waals surface area contributed by atoms with Crippen molar-refractivity contribution in [2.45, 2.75) is 69.2 Å². The third kappa shape index (κ3) is 6.26. The van der Waals surface area contributed by atoms with Crippen LogP contribution in [0.4, 0.5) is 13.2 Å². The zero-order valence-electron chi connectivity index (χ0n) is 16.3. The summed E-state index contributed by atoms with van der Waals surface area (Å²) >= 11 is 4.54. The van der Waals surface area contributed by atoms with Crippen molar-refractivity contribution in [2.24, 2.45) is 11.7 Å². The van der Waals surface area contributed by atoms with E-state index in [9.17, 15) is 13.2 Å². The maximum Gasteiger partial charge on any atom is 0.393 e. The smallest absolute Gasteiger partial charge is 0.327 e. The first-order chi connectivity index (χ1) is 12.1. The van der Waals surface area contributed by atoms with Crippen LogP contribution in [0.3, 0.4) is 0 Å². The number of rotatable bonds is 6. The second-order valence-electron chi connectivity index (χ2n) is 8.23. The quantitative estimate of drug-likeness (QED) is 0.677. The Morgan fingerprint density at radius 3 is 2.50 bits per heavy atom. The molecule has 2 heterocycles. The molecular formula is C18H35F3N4S. The molecule has 8 heteroatoms. The van der Waals surface area contributed by atoms with Crippen LogP contribution in [0.25, 0.3) is 0 Å². The predicted octanol–water partition coefficient (Wildman–Crippen LogP) is 2.65. The SMILES string of the molecule is CC(S)N1CCCC(N(C)CCC(C)N2CC(N)CC(C(F)(F)F)C2)C1. The van der Waals surface area contributed by atoms with Crippen LogP contribution in [0, 0.1) is 5.92 Å². The van der Waals surface area contributed by atoms with Crippen LogP contribution in [-0.2, 0) is 0 Å². The van der Waals surface area contributed by atoms with Gasteiger partial charge in [0.2, 0.25) is 0 Å². The van der Waals surface area contributed by atoms with E-state index in [1.807, 2.05) is 11.8 Å². The van der Waals surface area contributed by atoms with E-state index in [1.54, 1.807) is 0 Å². The molecule has 154 valence electrons. The third-order valence-corrected chi connectivity index (χ3v) is 6.40. The summed E-state index contributed by atoms with van der Waals surface area (Å²) < 4.78 is 39.3. The van der Waals surface area contributed by atoms with E-state index >= 15 is 0 Å². The highest BCUT2D eigenvalue weighted by atomic mass is 32.1. The van der Waals surface area contributed by atoms with E-state index < -0.39 is 12.1 Å². The monoisotopic (exact) mass is 396 g/mol. The Morgan fingerprint density at radius 1 is 1.19 bits per heavy atom. The van der Waals surface area contributed by atoms with Gasteiger partial charge in [-0.25, -0.2) is 0 Å². The molecule has 5 unspecified atom stereocenters. The summed E-state index contributed by atoms with van der Waals surface area (Å²) in [5.41, 5.74) is 5.90. The summed E-state index contributed by atoms with van der Waals surface area (Å²) in [7, 11) is 2.13. The Hall–Kier alpha value is -0.0200. The molecule has 5 atom stereocenters. The molecule has 0 saturated carbocycles. The molecule has 2 saturated heterocycles. The van der Waals surface area contributed by atoms with Gasteiger partial charge in [-0.1, -0.05) is 0 Å². The first-order valence-corrected chi connectivity index (χ1v) is 10.3. The molecule has 2 aliphatic rings. The second kappa shape index (κ2) is 9.45. The molecule has 0 aromatic heterocycles. The van der Waals surface area contributed by atoms with Crippen molar-refractivity contribution >= 4 is 12.6 Å². The molecular weight excluding hydrogens is 361 g/mol. The number of likely N-dealkylation sites (N-methyl/N-ethyl adjacent to an activating group) is 1. The van der Waals surface area contributed by atoms with E-state index in [-0.39, 0.29) is 30.4 Å². The van der Waals surface area contributed by atoms with Gasteiger partial charge in [-0.3, -0.25) is 9.80 Å². The zero-order chi connectivity index (χ0) is 19.5. The lowest BCUT2D eigenvalue weighted by atomic mass is 9.92. The van der Waals surface area contributed by atoms with Crippen LogP contribution >= 0.6 is 12.6 Å². The lowest BCUT2D eigenvalue weighted by Crippen LogP contribution is -2.54. The predicted molar refractivity (Wildman–Crippen MR) is 103 cm³/mol. The zero-order valence-corrected chi connectivity index (χ0v) is 17.1. The first-order valence-electron chi connectivity index (χ1n) is 9.76. The van der Waals surface area contributed by atoms with Gasteiger partial charge in [-0.15, -0.1) is 0 Å². The molecule has 0 bridgehead atoms. The van der Waals surface area contributed by atoms with Gasteiger partial charge < -0.3 is 10.6 Å². The van der Waals surface area contributed by atoms with E-state index in [2.05, 4.69) is 36.4 Å². The maximum atomic E-state index is 13.1. The van der Waals surface area contributed by atoms with Gasteiger partial charge in [0.05, 0.1) is 5.92 Å². The fourth-order valence-corrected chi connectivity index (χ4v) is 4.42. The lowest BCUT2D eigenvalue weighted by Gasteiger charge is -2.42. The van der Waals surface area contributed by atoms with Crippen molar-refractivity contribution in [1.29, 1.82) is 0 Å². The highest BCUT2D eigenvalue weighted by Crippen LogP contribution is 2.33. The normalized spacial score (nSPS) is 32.0. The number of hydrogen-bond acceptors (Lipinski definition) is 5. The van der Waals surface area contributed by atoms with Crippen LogP contribution in [0.2, 0.25) is 0 Å². The molecule has 0 radical (unpaired) electrons. The third-order valence-electron chi connectivity index (χ3n) is 6.08. The molecule has 4 nitrogen and oxygen atoms in total. The Kier molecular flexibility index (Phi) is 8.10. The number of nitrogens with zero attached hydrogens (tertiary/aromatic N) is 3. The minimum atomic E-state index is -4.15. The van der Waals surface area contributed by atoms with Gasteiger partial charge in [0.25, 0.3) is 0 Å². The molecule has 0 spiro atoms. The van der Waals surface area contributed by atoms with Crippen molar-refractivity contribution in [3.8, 4) is 0 Å². The van der Waals surface area contributed by atoms with Gasteiger partial charge >= 0.3 is 6.18 Å². The standard InChI is InChI=1S/C18H35F3N4S/c1-13(25-10-15(18(19,20)21)9-16(22)11-25)6-8-23(3)17-5-4-7-24(12-17)14(2)26/h13-17,26H,4-12,22H2,1-3H3. The molecule has 2 fully saturated rings. The van der Waals surface area contributed by atoms with Crippen molar-refractivity contribution < 1.29 is 13.2 Å². The van der Waals surface area contributed by atoms with E-state index in [0.29, 0.717) is 12.6 Å². The molecule has 2 N–H and O–H groups in total. The first kappa shape index (κ1) is 22.3. The van der Waals surface area contributed by atoms with Crippen LogP contribution in [0.15, 0.2) is 0 Å². The molecule has 0 amide bonds. The number of nitrogens with two attached hydrogens (primary N) is 1. The second-order valence-corrected chi connectivity index (χ2v) is 8.98. The van der Waals surface area contributed by atoms with Gasteiger partial charge in [0.1, 0.15) is 0 Å². The molecule has 2 rings (SSSR count). The van der Waals surface area contributed by atoms with E-state index in [1.165, 1.54) is 12.8 Å². The Balaban J connectivity index is 1.82. The fourth-order valence-electron chi connectivity index (χ4n) is 4.21. The fraction of sp³-hybridized carbons (Fsp3) is 1.00. The van der Waals surface area contributed by atoms with Crippen molar-refractivity contribution in [3.05, 3.63) is 0 Å². The largest absolute Gasteiger partial charge is 0.393 e. The van der Waals surface area contributed by atoms with E-state index in [4.69, 9.17) is 5.73 Å². The Bertz CT molecular complexity index is 435. The minimum Gasteiger partial charge on any atom is -0.327 e. The number of alkyl halides is 3. The van der Waals surface area contributed by atoms with Crippen LogP contribution in [0.5, 0.6) is 0 Å². The van der Waals surface area contributed by atoms with Crippen LogP contribution in [-0.4, -0.2) is 84.1 Å². The average molecular weight is 397 g/mol. The summed E-state index contributed by atoms with van der Waals surface area (Å²) in [4.78, 5) is 6.68. The summed E-state index contributed by atoms with van der Waals surface area (Å²) in [6.07, 6.45) is -0.897. The Labute approximate surface area is 161 Å². The topological polar surface area (TPSA) is 35.7 Å². The van der Waals surface area contributed by atoms with Crippen LogP contribution < -0.4 is 5.73 Å². The van der Waals surface area contributed by atoms with Gasteiger partial charge in [-0.05, 0) is 59.7 Å². The number of halogens is 3. The molecule has 0 aliphatic carbocycles. The number of thiol groups is 1.